The third kappa shape index (κ3) is 6.73. The number of benzene rings is 2. The highest BCUT2D eigenvalue weighted by Gasteiger charge is 2.30. The highest BCUT2D eigenvalue weighted by Crippen LogP contribution is 2.35. The van der Waals surface area contributed by atoms with Crippen molar-refractivity contribution in [2.24, 2.45) is 0 Å². The largest absolute Gasteiger partial charge is 0.493 e. The minimum Gasteiger partial charge on any atom is -0.493 e. The van der Waals surface area contributed by atoms with Crippen LogP contribution in [0.3, 0.4) is 0 Å². The van der Waals surface area contributed by atoms with Gasteiger partial charge >= 0.3 is 6.18 Å². The lowest BCUT2D eigenvalue weighted by atomic mass is 10.1. The molecule has 3 rings (SSSR count). The number of halogens is 3. The van der Waals surface area contributed by atoms with Crippen LogP contribution in [0, 0.1) is 6.92 Å². The number of rotatable bonds is 10. The fourth-order valence-electron chi connectivity index (χ4n) is 3.44. The van der Waals surface area contributed by atoms with Crippen molar-refractivity contribution in [3.63, 3.8) is 0 Å². The minimum atomic E-state index is -4.46. The molecule has 6 nitrogen and oxygen atoms in total. The van der Waals surface area contributed by atoms with Crippen molar-refractivity contribution in [2.75, 3.05) is 38.7 Å². The first-order valence-corrected chi connectivity index (χ1v) is 12.0. The molecule has 188 valence electrons. The Morgan fingerprint density at radius 2 is 1.86 bits per heavy atom. The zero-order valence-electron chi connectivity index (χ0n) is 20.0. The number of amides is 1. The molecule has 1 amide bonds. The van der Waals surface area contributed by atoms with E-state index in [1.54, 1.807) is 38.3 Å². The van der Waals surface area contributed by atoms with E-state index in [-0.39, 0.29) is 0 Å². The number of nitrogens with zero attached hydrogens (tertiary/aromatic N) is 2. The second kappa shape index (κ2) is 11.5. The predicted octanol–water partition coefficient (Wildman–Crippen LogP) is 6.12. The number of carbonyl (C=O) groups excluding carboxylic acids is 1. The molecule has 0 saturated carbocycles. The summed E-state index contributed by atoms with van der Waals surface area (Å²) >= 11 is 1.04. The number of thiazole rings is 1. The maximum Gasteiger partial charge on any atom is 0.416 e. The zero-order valence-corrected chi connectivity index (χ0v) is 20.8. The third-order valence-electron chi connectivity index (χ3n) is 5.42. The number of nitrogens with one attached hydrogen (secondary N) is 1. The molecule has 0 fully saturated rings. The van der Waals surface area contributed by atoms with Gasteiger partial charge in [-0.2, -0.15) is 13.2 Å². The van der Waals surface area contributed by atoms with Gasteiger partial charge in [0, 0.05) is 23.9 Å². The van der Waals surface area contributed by atoms with Gasteiger partial charge in [0.2, 0.25) is 0 Å². The summed E-state index contributed by atoms with van der Waals surface area (Å²) in [5.74, 6) is 0.643. The highest BCUT2D eigenvalue weighted by molar-refractivity contribution is 7.17. The number of hydrogen-bond donors (Lipinski definition) is 1. The van der Waals surface area contributed by atoms with Crippen molar-refractivity contribution in [1.82, 2.24) is 9.88 Å². The van der Waals surface area contributed by atoms with Crippen LogP contribution < -0.4 is 14.8 Å². The molecule has 1 heterocycles. The van der Waals surface area contributed by atoms with Crippen LogP contribution in [0.15, 0.2) is 42.5 Å². The van der Waals surface area contributed by atoms with Crippen LogP contribution in [0.1, 0.15) is 34.8 Å². The fraction of sp³-hybridized carbons (Fsp3) is 0.360. The summed E-state index contributed by atoms with van der Waals surface area (Å²) in [4.78, 5) is 19.8. The first-order chi connectivity index (χ1) is 16.7. The normalized spacial score (nSPS) is 11.5. The van der Waals surface area contributed by atoms with E-state index in [1.807, 2.05) is 0 Å². The van der Waals surface area contributed by atoms with Crippen molar-refractivity contribution in [3.8, 4) is 22.1 Å². The van der Waals surface area contributed by atoms with Crippen LogP contribution in [0.4, 0.5) is 18.9 Å². The number of aromatic nitrogens is 1. The molecule has 0 aliphatic heterocycles. The SMILES string of the molecule is CCN(CC)CCOc1cc(NC(=O)c2sc(-c3cccc(C(F)(F)F)c3)nc2C)ccc1OC. The van der Waals surface area contributed by atoms with Crippen LogP contribution in [0.2, 0.25) is 0 Å². The molecule has 0 spiro atoms. The number of methoxy groups -OCH3 is 1. The predicted molar refractivity (Wildman–Crippen MR) is 132 cm³/mol. The molecule has 35 heavy (non-hydrogen) atoms. The zero-order chi connectivity index (χ0) is 25.6. The molecule has 1 N–H and O–H groups in total. The lowest BCUT2D eigenvalue weighted by molar-refractivity contribution is -0.137. The summed E-state index contributed by atoms with van der Waals surface area (Å²) in [5, 5.41) is 3.16. The molecule has 0 bridgehead atoms. The molecule has 0 unspecified atom stereocenters. The summed E-state index contributed by atoms with van der Waals surface area (Å²) in [6, 6.07) is 9.99. The van der Waals surface area contributed by atoms with E-state index in [0.717, 1.165) is 43.1 Å². The quantitative estimate of drug-likeness (QED) is 0.358. The maximum absolute atomic E-state index is 13.1. The van der Waals surface area contributed by atoms with Gasteiger partial charge in [-0.15, -0.1) is 11.3 Å². The van der Waals surface area contributed by atoms with Gasteiger partial charge in [-0.25, -0.2) is 4.98 Å². The highest BCUT2D eigenvalue weighted by atomic mass is 32.1. The van der Waals surface area contributed by atoms with Gasteiger partial charge in [0.25, 0.3) is 5.91 Å². The van der Waals surface area contributed by atoms with E-state index in [2.05, 4.69) is 29.0 Å². The van der Waals surface area contributed by atoms with Crippen LogP contribution in [-0.2, 0) is 6.18 Å². The standard InChI is InChI=1S/C25H28F3N3O3S/c1-5-31(6-2)12-13-34-21-15-19(10-11-20(21)33-4)30-23(32)22-16(3)29-24(35-22)17-8-7-9-18(14-17)25(26,27)28/h7-11,14-15H,5-6,12-13H2,1-4H3,(H,30,32). The Morgan fingerprint density at radius 1 is 1.11 bits per heavy atom. The van der Waals surface area contributed by atoms with E-state index < -0.39 is 17.6 Å². The lowest BCUT2D eigenvalue weighted by Crippen LogP contribution is -2.28. The number of alkyl halides is 3. The Morgan fingerprint density at radius 3 is 2.51 bits per heavy atom. The summed E-state index contributed by atoms with van der Waals surface area (Å²) in [5.41, 5.74) is 0.479. The minimum absolute atomic E-state index is 0.306. The molecule has 2 aromatic carbocycles. The smallest absolute Gasteiger partial charge is 0.416 e. The topological polar surface area (TPSA) is 63.7 Å². The molecule has 0 radical (unpaired) electrons. The van der Waals surface area contributed by atoms with Crippen molar-refractivity contribution < 1.29 is 27.4 Å². The molecule has 0 saturated heterocycles. The van der Waals surface area contributed by atoms with E-state index in [0.29, 0.717) is 44.9 Å². The Balaban J connectivity index is 1.76. The van der Waals surface area contributed by atoms with Gasteiger partial charge in [-0.3, -0.25) is 4.79 Å². The Labute approximate surface area is 206 Å². The van der Waals surface area contributed by atoms with E-state index in [1.165, 1.54) is 6.07 Å². The van der Waals surface area contributed by atoms with Gasteiger partial charge in [-0.05, 0) is 44.3 Å². The maximum atomic E-state index is 13.1. The van der Waals surface area contributed by atoms with E-state index in [9.17, 15) is 18.0 Å². The van der Waals surface area contributed by atoms with Crippen LogP contribution in [0.5, 0.6) is 11.5 Å². The number of anilines is 1. The third-order valence-corrected chi connectivity index (χ3v) is 6.63. The summed E-state index contributed by atoms with van der Waals surface area (Å²) in [6.07, 6.45) is -4.46. The average Bonchev–Trinajstić information content (AvgIpc) is 3.23. The molecule has 1 aromatic heterocycles. The number of ether oxygens (including phenoxy) is 2. The van der Waals surface area contributed by atoms with Crippen LogP contribution in [0.25, 0.3) is 10.6 Å². The van der Waals surface area contributed by atoms with Gasteiger partial charge in [-0.1, -0.05) is 26.0 Å². The van der Waals surface area contributed by atoms with Crippen LogP contribution in [-0.4, -0.2) is 49.1 Å². The number of hydrogen-bond acceptors (Lipinski definition) is 6. The molecule has 3 aromatic rings. The van der Waals surface area contributed by atoms with E-state index in [4.69, 9.17) is 9.47 Å². The Bertz CT molecular complexity index is 1160. The van der Waals surface area contributed by atoms with Gasteiger partial charge in [0.15, 0.2) is 11.5 Å². The Kier molecular flexibility index (Phi) is 8.74. The van der Waals surface area contributed by atoms with Crippen molar-refractivity contribution in [3.05, 3.63) is 58.6 Å². The number of likely N-dealkylation sites (N-methyl/N-ethyl adjacent to an activating group) is 1. The number of aryl methyl sites for hydroxylation is 1. The van der Waals surface area contributed by atoms with Gasteiger partial charge in [0.1, 0.15) is 16.5 Å². The van der Waals surface area contributed by atoms with E-state index >= 15 is 0 Å². The second-order valence-corrected chi connectivity index (χ2v) is 8.71. The fourth-order valence-corrected chi connectivity index (χ4v) is 4.40. The monoisotopic (exact) mass is 507 g/mol. The molecule has 0 aliphatic carbocycles. The summed E-state index contributed by atoms with van der Waals surface area (Å²) in [6.45, 7) is 8.88. The molecular formula is C25H28F3N3O3S. The van der Waals surface area contributed by atoms with Gasteiger partial charge < -0.3 is 19.7 Å². The molecular weight excluding hydrogens is 479 g/mol. The molecule has 0 atom stereocenters. The van der Waals surface area contributed by atoms with Crippen LogP contribution >= 0.6 is 11.3 Å². The molecule has 10 heteroatoms. The van der Waals surface area contributed by atoms with Crippen molar-refractivity contribution in [1.29, 1.82) is 0 Å². The Hall–Kier alpha value is -3.11. The van der Waals surface area contributed by atoms with Gasteiger partial charge in [0.05, 0.1) is 18.4 Å². The van der Waals surface area contributed by atoms with Crippen molar-refractivity contribution in [2.45, 2.75) is 26.9 Å². The first kappa shape index (κ1) is 26.5. The second-order valence-electron chi connectivity index (χ2n) is 7.71. The molecule has 0 aliphatic rings. The summed E-state index contributed by atoms with van der Waals surface area (Å²) in [7, 11) is 1.54. The summed E-state index contributed by atoms with van der Waals surface area (Å²) < 4.78 is 50.5. The van der Waals surface area contributed by atoms with Crippen molar-refractivity contribution >= 4 is 22.9 Å². The average molecular weight is 508 g/mol. The first-order valence-electron chi connectivity index (χ1n) is 11.2. The lowest BCUT2D eigenvalue weighted by Gasteiger charge is -2.19. The number of carbonyl (C=O) groups is 1.